The topological polar surface area (TPSA) is 17.1 Å². The Kier molecular flexibility index (Phi) is 2.56. The maximum absolute atomic E-state index is 11.8. The van der Waals surface area contributed by atoms with Crippen LogP contribution in [-0.2, 0) is 4.79 Å². The minimum atomic E-state index is 0.273. The smallest absolute Gasteiger partial charge is 0.158 e. The van der Waals surface area contributed by atoms with Gasteiger partial charge < -0.3 is 0 Å². The number of hydrogen-bond donors (Lipinski definition) is 0. The van der Waals surface area contributed by atoms with E-state index in [1.54, 1.807) is 0 Å². The highest BCUT2D eigenvalue weighted by molar-refractivity contribution is 5.94. The molecule has 16 heavy (non-hydrogen) atoms. The molecule has 2 saturated carbocycles. The van der Waals surface area contributed by atoms with Gasteiger partial charge in [-0.25, -0.2) is 0 Å². The van der Waals surface area contributed by atoms with Crippen molar-refractivity contribution in [1.29, 1.82) is 0 Å². The number of carbonyl (C=O) groups is 1. The molecular weight excluding hydrogens is 196 g/mol. The van der Waals surface area contributed by atoms with Gasteiger partial charge in [-0.15, -0.1) is 0 Å². The first kappa shape index (κ1) is 11.9. The fourth-order valence-electron chi connectivity index (χ4n) is 4.08. The third kappa shape index (κ3) is 1.40. The predicted molar refractivity (Wildman–Crippen MR) is 67.2 cm³/mol. The van der Waals surface area contributed by atoms with E-state index in [1.807, 2.05) is 6.92 Å². The minimum absolute atomic E-state index is 0.273. The summed E-state index contributed by atoms with van der Waals surface area (Å²) in [6.45, 7) is 12.8. The van der Waals surface area contributed by atoms with Crippen LogP contribution in [0.4, 0.5) is 0 Å². The summed E-state index contributed by atoms with van der Waals surface area (Å²) in [5, 5.41) is 0. The second kappa shape index (κ2) is 3.45. The first-order valence-electron chi connectivity index (χ1n) is 6.48. The lowest BCUT2D eigenvalue weighted by Gasteiger charge is -2.39. The number of allylic oxidation sites excluding steroid dienone is 1. The summed E-state index contributed by atoms with van der Waals surface area (Å²) < 4.78 is 0. The third-order valence-corrected chi connectivity index (χ3v) is 5.88. The van der Waals surface area contributed by atoms with Crippen LogP contribution in [0.2, 0.25) is 0 Å². The van der Waals surface area contributed by atoms with Gasteiger partial charge in [0.2, 0.25) is 0 Å². The van der Waals surface area contributed by atoms with Crippen LogP contribution in [0.25, 0.3) is 0 Å². The predicted octanol–water partition coefficient (Wildman–Crippen LogP) is 3.98. The van der Waals surface area contributed by atoms with Crippen LogP contribution < -0.4 is 0 Å². The molecule has 0 aromatic rings. The molecule has 0 radical (unpaired) electrons. The van der Waals surface area contributed by atoms with Gasteiger partial charge in [0.15, 0.2) is 5.78 Å². The van der Waals surface area contributed by atoms with Gasteiger partial charge in [-0.2, -0.15) is 0 Å². The summed E-state index contributed by atoms with van der Waals surface area (Å²) in [5.74, 6) is 1.69. The van der Waals surface area contributed by atoms with E-state index in [9.17, 15) is 4.79 Å². The van der Waals surface area contributed by atoms with E-state index in [0.717, 1.165) is 17.9 Å². The summed E-state index contributed by atoms with van der Waals surface area (Å²) in [4.78, 5) is 11.8. The molecule has 2 bridgehead atoms. The van der Waals surface area contributed by atoms with Crippen LogP contribution >= 0.6 is 0 Å². The zero-order chi connectivity index (χ0) is 12.1. The molecule has 90 valence electrons. The van der Waals surface area contributed by atoms with Crippen molar-refractivity contribution in [2.75, 3.05) is 0 Å². The number of carbonyl (C=O) groups excluding carboxylic acids is 1. The average molecular weight is 220 g/mol. The monoisotopic (exact) mass is 220 g/mol. The van der Waals surface area contributed by atoms with Gasteiger partial charge in [-0.3, -0.25) is 4.79 Å². The van der Waals surface area contributed by atoms with Crippen molar-refractivity contribution < 1.29 is 4.79 Å². The highest BCUT2D eigenvalue weighted by Gasteiger charge is 2.61. The van der Waals surface area contributed by atoms with E-state index in [-0.39, 0.29) is 5.78 Å². The van der Waals surface area contributed by atoms with Gasteiger partial charge in [-0.1, -0.05) is 27.4 Å². The lowest BCUT2D eigenvalue weighted by atomic mass is 9.65. The van der Waals surface area contributed by atoms with Crippen molar-refractivity contribution in [2.24, 2.45) is 22.7 Å². The van der Waals surface area contributed by atoms with Crippen LogP contribution in [0.15, 0.2) is 12.2 Å². The molecule has 0 aromatic heterocycles. The van der Waals surface area contributed by atoms with Crippen molar-refractivity contribution in [3.05, 3.63) is 12.2 Å². The van der Waals surface area contributed by atoms with Crippen molar-refractivity contribution in [2.45, 2.75) is 53.4 Å². The van der Waals surface area contributed by atoms with Crippen LogP contribution in [0.3, 0.4) is 0 Å². The van der Waals surface area contributed by atoms with Crippen LogP contribution in [0.1, 0.15) is 53.4 Å². The number of rotatable bonds is 3. The van der Waals surface area contributed by atoms with Gasteiger partial charge >= 0.3 is 0 Å². The SMILES string of the molecule is C=C(C)C(=O)CC1CC2CC[C@]1(C)C2(C)C. The fourth-order valence-corrected chi connectivity index (χ4v) is 4.08. The molecule has 0 N–H and O–H groups in total. The summed E-state index contributed by atoms with van der Waals surface area (Å²) in [6.07, 6.45) is 4.65. The molecule has 0 saturated heterocycles. The molecule has 0 heterocycles. The average Bonchev–Trinajstić information content (AvgIpc) is 2.50. The first-order chi connectivity index (χ1) is 7.29. The normalized spacial score (nSPS) is 40.0. The number of fused-ring (bicyclic) bond motifs is 2. The van der Waals surface area contributed by atoms with Crippen molar-refractivity contribution in [1.82, 2.24) is 0 Å². The minimum Gasteiger partial charge on any atom is -0.295 e. The molecule has 3 atom stereocenters. The fraction of sp³-hybridized carbons (Fsp3) is 0.800. The largest absolute Gasteiger partial charge is 0.295 e. The maximum Gasteiger partial charge on any atom is 0.158 e. The highest BCUT2D eigenvalue weighted by atomic mass is 16.1. The van der Waals surface area contributed by atoms with Gasteiger partial charge in [0.05, 0.1) is 0 Å². The van der Waals surface area contributed by atoms with Crippen molar-refractivity contribution >= 4 is 5.78 Å². The van der Waals surface area contributed by atoms with Gasteiger partial charge in [-0.05, 0) is 54.4 Å². The van der Waals surface area contributed by atoms with Crippen LogP contribution in [0.5, 0.6) is 0 Å². The van der Waals surface area contributed by atoms with E-state index < -0.39 is 0 Å². The molecule has 0 spiro atoms. The highest BCUT2D eigenvalue weighted by Crippen LogP contribution is 2.68. The van der Waals surface area contributed by atoms with Crippen molar-refractivity contribution in [3.8, 4) is 0 Å². The Morgan fingerprint density at radius 1 is 1.38 bits per heavy atom. The Bertz CT molecular complexity index is 339. The summed E-state index contributed by atoms with van der Waals surface area (Å²) >= 11 is 0. The molecule has 0 amide bonds. The number of hydrogen-bond acceptors (Lipinski definition) is 1. The lowest BCUT2D eigenvalue weighted by molar-refractivity contribution is -0.117. The molecule has 2 rings (SSSR count). The number of Topliss-reactive ketones (excluding diaryl/α,β-unsaturated/α-hetero) is 1. The van der Waals surface area contributed by atoms with E-state index in [0.29, 0.717) is 16.7 Å². The second-order valence-corrected chi connectivity index (χ2v) is 6.72. The quantitative estimate of drug-likeness (QED) is 0.657. The second-order valence-electron chi connectivity index (χ2n) is 6.72. The standard InChI is InChI=1S/C15H24O/c1-10(2)13(16)9-12-8-11-6-7-15(12,5)14(11,3)4/h11-12H,1,6-9H2,2-5H3/t11?,12?,15-/m0/s1. The molecule has 0 aromatic carbocycles. The van der Waals surface area contributed by atoms with Crippen LogP contribution in [-0.4, -0.2) is 5.78 Å². The Labute approximate surface area is 99.3 Å². The summed E-state index contributed by atoms with van der Waals surface area (Å²) in [7, 11) is 0. The molecule has 1 heteroatoms. The van der Waals surface area contributed by atoms with E-state index in [4.69, 9.17) is 0 Å². The lowest BCUT2D eigenvalue weighted by Crippen LogP contribution is -2.33. The summed E-state index contributed by atoms with van der Waals surface area (Å²) in [6, 6.07) is 0. The third-order valence-electron chi connectivity index (χ3n) is 5.88. The van der Waals surface area contributed by atoms with E-state index in [2.05, 4.69) is 27.4 Å². The molecule has 0 aliphatic heterocycles. The zero-order valence-electron chi connectivity index (χ0n) is 11.1. The van der Waals surface area contributed by atoms with Crippen LogP contribution in [0, 0.1) is 22.7 Å². The molecule has 2 aliphatic rings. The molecule has 2 fully saturated rings. The van der Waals surface area contributed by atoms with E-state index >= 15 is 0 Å². The molecule has 2 aliphatic carbocycles. The summed E-state index contributed by atoms with van der Waals surface area (Å²) in [5.41, 5.74) is 1.53. The maximum atomic E-state index is 11.8. The Morgan fingerprint density at radius 3 is 2.38 bits per heavy atom. The zero-order valence-corrected chi connectivity index (χ0v) is 11.1. The Hall–Kier alpha value is -0.590. The number of ketones is 1. The Morgan fingerprint density at radius 2 is 2.00 bits per heavy atom. The van der Waals surface area contributed by atoms with Gasteiger partial charge in [0, 0.05) is 6.42 Å². The molecule has 2 unspecified atom stereocenters. The Balaban J connectivity index is 2.16. The molecular formula is C15H24O. The first-order valence-corrected chi connectivity index (χ1v) is 6.48. The molecule has 1 nitrogen and oxygen atoms in total. The van der Waals surface area contributed by atoms with Crippen molar-refractivity contribution in [3.63, 3.8) is 0 Å². The van der Waals surface area contributed by atoms with Gasteiger partial charge in [0.1, 0.15) is 0 Å². The van der Waals surface area contributed by atoms with Gasteiger partial charge in [0.25, 0.3) is 0 Å². The van der Waals surface area contributed by atoms with E-state index in [1.165, 1.54) is 19.3 Å².